The van der Waals surface area contributed by atoms with Crippen LogP contribution in [0.4, 0.5) is 11.4 Å². The smallest absolute Gasteiger partial charge is 0.124 e. The lowest BCUT2D eigenvalue weighted by molar-refractivity contribution is 1.48. The molecule has 0 heterocycles. The summed E-state index contributed by atoms with van der Waals surface area (Å²) in [4.78, 5) is 0.364. The number of hydrogen-bond acceptors (Lipinski definition) is 4. The summed E-state index contributed by atoms with van der Waals surface area (Å²) in [5.74, 6) is 0. The molecule has 3 nitrogen and oxygen atoms in total. The first-order valence-corrected chi connectivity index (χ1v) is 8.72. The van der Waals surface area contributed by atoms with Gasteiger partial charge in [0.05, 0.1) is 5.03 Å². The van der Waals surface area contributed by atoms with E-state index >= 15 is 0 Å². The summed E-state index contributed by atoms with van der Waals surface area (Å²) in [7, 11) is 0. The van der Waals surface area contributed by atoms with Crippen molar-refractivity contribution >= 4 is 51.9 Å². The first-order valence-electron chi connectivity index (χ1n) is 6.71. The van der Waals surface area contributed by atoms with E-state index < -0.39 is 0 Å². The number of anilines is 2. The molecule has 6 heteroatoms. The summed E-state index contributed by atoms with van der Waals surface area (Å²) in [6.07, 6.45) is 1.90. The highest BCUT2D eigenvalue weighted by atomic mass is 35.5. The molecular weight excluding hydrogens is 346 g/mol. The third-order valence-corrected chi connectivity index (χ3v) is 4.18. The van der Waals surface area contributed by atoms with Crippen molar-refractivity contribution < 1.29 is 0 Å². The fourth-order valence-electron chi connectivity index (χ4n) is 1.80. The van der Waals surface area contributed by atoms with Crippen LogP contribution in [0.5, 0.6) is 0 Å². The van der Waals surface area contributed by atoms with E-state index in [0.717, 1.165) is 11.4 Å². The molecule has 0 aliphatic carbocycles. The Kier molecular flexibility index (Phi) is 6.48. The molecule has 2 aromatic carbocycles. The minimum absolute atomic E-state index is 0.364. The molecule has 2 aromatic rings. The van der Waals surface area contributed by atoms with Crippen LogP contribution in [-0.2, 0) is 0 Å². The zero-order chi connectivity index (χ0) is 16.7. The number of thiocarbonyl (C=S) groups is 1. The van der Waals surface area contributed by atoms with Crippen LogP contribution in [-0.4, -0.2) is 11.2 Å². The van der Waals surface area contributed by atoms with Gasteiger partial charge in [0.15, 0.2) is 0 Å². The molecular formula is C17H14ClN3S2. The second-order valence-corrected chi connectivity index (χ2v) is 6.13. The third-order valence-electron chi connectivity index (χ3n) is 2.90. The van der Waals surface area contributed by atoms with Gasteiger partial charge in [0.2, 0.25) is 0 Å². The van der Waals surface area contributed by atoms with E-state index in [4.69, 9.17) is 23.8 Å². The van der Waals surface area contributed by atoms with E-state index in [1.807, 2.05) is 48.7 Å². The molecule has 0 fully saturated rings. The van der Waals surface area contributed by atoms with Gasteiger partial charge in [0.1, 0.15) is 16.6 Å². The summed E-state index contributed by atoms with van der Waals surface area (Å²) < 4.78 is 0. The van der Waals surface area contributed by atoms with Gasteiger partial charge in [-0.15, -0.1) is 11.8 Å². The number of thioether (sulfide) groups is 1. The molecule has 2 N–H and O–H groups in total. The molecule has 23 heavy (non-hydrogen) atoms. The number of halogens is 1. The third kappa shape index (κ3) is 5.00. The number of nitrogens with zero attached hydrogens (tertiary/aromatic N) is 1. The average Bonchev–Trinajstić information content (AvgIpc) is 2.57. The van der Waals surface area contributed by atoms with Gasteiger partial charge >= 0.3 is 0 Å². The lowest BCUT2D eigenvalue weighted by atomic mass is 10.2. The molecule has 0 radical (unpaired) electrons. The minimum atomic E-state index is 0.364. The normalized spacial score (nSPS) is 11.2. The number of para-hydroxylation sites is 1. The summed E-state index contributed by atoms with van der Waals surface area (Å²) in [6.45, 7) is 0. The van der Waals surface area contributed by atoms with Crippen LogP contribution in [0.2, 0.25) is 5.02 Å². The molecule has 0 spiro atoms. The van der Waals surface area contributed by atoms with Crippen molar-refractivity contribution in [2.45, 2.75) is 0 Å². The van der Waals surface area contributed by atoms with Gasteiger partial charge in [-0.1, -0.05) is 42.0 Å². The zero-order valence-corrected chi connectivity index (χ0v) is 14.7. The monoisotopic (exact) mass is 359 g/mol. The topological polar surface area (TPSA) is 47.9 Å². The maximum atomic E-state index is 9.49. The van der Waals surface area contributed by atoms with Gasteiger partial charge in [-0.05, 0) is 42.7 Å². The molecule has 116 valence electrons. The van der Waals surface area contributed by atoms with Crippen molar-refractivity contribution in [1.29, 1.82) is 5.26 Å². The highest BCUT2D eigenvalue weighted by molar-refractivity contribution is 8.02. The molecule has 0 bridgehead atoms. The fourth-order valence-corrected chi connectivity index (χ4v) is 2.83. The lowest BCUT2D eigenvalue weighted by Crippen LogP contribution is -2.15. The highest BCUT2D eigenvalue weighted by Gasteiger charge is 2.12. The zero-order valence-electron chi connectivity index (χ0n) is 12.3. The van der Waals surface area contributed by atoms with Gasteiger partial charge in [-0.25, -0.2) is 0 Å². The fraction of sp³-hybridized carbons (Fsp3) is 0.0588. The van der Waals surface area contributed by atoms with Crippen LogP contribution in [0.15, 0.2) is 65.2 Å². The van der Waals surface area contributed by atoms with Gasteiger partial charge in [-0.3, -0.25) is 0 Å². The predicted molar refractivity (Wildman–Crippen MR) is 104 cm³/mol. The Morgan fingerprint density at radius 3 is 2.22 bits per heavy atom. The average molecular weight is 360 g/mol. The Morgan fingerprint density at radius 1 is 1.04 bits per heavy atom. The summed E-state index contributed by atoms with van der Waals surface area (Å²) in [5.41, 5.74) is 2.08. The summed E-state index contributed by atoms with van der Waals surface area (Å²) >= 11 is 12.7. The summed E-state index contributed by atoms with van der Waals surface area (Å²) in [5, 5.41) is 17.1. The van der Waals surface area contributed by atoms with Crippen molar-refractivity contribution in [2.75, 3.05) is 16.9 Å². The second-order valence-electron chi connectivity index (χ2n) is 4.47. The van der Waals surface area contributed by atoms with Crippen LogP contribution in [0, 0.1) is 11.3 Å². The van der Waals surface area contributed by atoms with E-state index in [0.29, 0.717) is 20.6 Å². The molecule has 0 aliphatic rings. The van der Waals surface area contributed by atoms with Crippen LogP contribution >= 0.6 is 35.6 Å². The molecule has 0 saturated heterocycles. The van der Waals surface area contributed by atoms with Crippen molar-refractivity contribution in [3.8, 4) is 6.07 Å². The number of rotatable bonds is 5. The second kappa shape index (κ2) is 8.59. The quantitative estimate of drug-likeness (QED) is 0.431. The Hall–Kier alpha value is -2.00. The number of nitriles is 1. The summed E-state index contributed by atoms with van der Waals surface area (Å²) in [6, 6.07) is 19.0. The van der Waals surface area contributed by atoms with Gasteiger partial charge in [0, 0.05) is 16.4 Å². The van der Waals surface area contributed by atoms with Gasteiger partial charge in [0.25, 0.3) is 0 Å². The lowest BCUT2D eigenvalue weighted by Gasteiger charge is -2.13. The molecule has 0 saturated carbocycles. The number of hydrogen-bond donors (Lipinski definition) is 2. The predicted octanol–water partition coefficient (Wildman–Crippen LogP) is 5.29. The van der Waals surface area contributed by atoms with Crippen LogP contribution in [0.25, 0.3) is 0 Å². The molecule has 0 aliphatic heterocycles. The Bertz CT molecular complexity index is 750. The van der Waals surface area contributed by atoms with E-state index in [-0.39, 0.29) is 0 Å². The van der Waals surface area contributed by atoms with E-state index in [1.165, 1.54) is 11.8 Å². The van der Waals surface area contributed by atoms with Crippen molar-refractivity contribution in [3.63, 3.8) is 0 Å². The highest BCUT2D eigenvalue weighted by Crippen LogP contribution is 2.22. The Morgan fingerprint density at radius 2 is 1.65 bits per heavy atom. The Balaban J connectivity index is 2.22. The van der Waals surface area contributed by atoms with Crippen LogP contribution < -0.4 is 10.6 Å². The van der Waals surface area contributed by atoms with Crippen LogP contribution in [0.3, 0.4) is 0 Å². The first kappa shape index (κ1) is 17.4. The van der Waals surface area contributed by atoms with Crippen molar-refractivity contribution in [1.82, 2.24) is 0 Å². The van der Waals surface area contributed by atoms with Crippen LogP contribution in [0.1, 0.15) is 0 Å². The van der Waals surface area contributed by atoms with E-state index in [2.05, 4.69) is 16.7 Å². The SMILES string of the molecule is CS/C(Nc1ccccc1)=C(\C#N)C(=S)Nc1ccc(Cl)cc1. The maximum absolute atomic E-state index is 9.49. The molecule has 0 unspecified atom stereocenters. The number of nitrogens with one attached hydrogen (secondary N) is 2. The maximum Gasteiger partial charge on any atom is 0.124 e. The first-order chi connectivity index (χ1) is 11.1. The molecule has 0 aromatic heterocycles. The molecule has 0 amide bonds. The van der Waals surface area contributed by atoms with Crippen molar-refractivity contribution in [2.24, 2.45) is 0 Å². The minimum Gasteiger partial charge on any atom is -0.349 e. The molecule has 0 atom stereocenters. The van der Waals surface area contributed by atoms with Gasteiger partial charge < -0.3 is 10.6 Å². The standard InChI is InChI=1S/C17H14ClN3S2/c1-23-17(21-13-5-3-2-4-6-13)15(11-19)16(22)20-14-9-7-12(18)8-10-14/h2-10,21H,1H3,(H,20,22)/b17-15+. The number of benzene rings is 2. The Labute approximate surface area is 150 Å². The largest absolute Gasteiger partial charge is 0.349 e. The van der Waals surface area contributed by atoms with Gasteiger partial charge in [-0.2, -0.15) is 5.26 Å². The van der Waals surface area contributed by atoms with E-state index in [1.54, 1.807) is 12.1 Å². The van der Waals surface area contributed by atoms with E-state index in [9.17, 15) is 5.26 Å². The molecule has 2 rings (SSSR count). The van der Waals surface area contributed by atoms with Crippen molar-refractivity contribution in [3.05, 3.63) is 70.2 Å².